The van der Waals surface area contributed by atoms with E-state index in [0.29, 0.717) is 12.0 Å². The van der Waals surface area contributed by atoms with E-state index in [9.17, 15) is 5.02 Å². The molecule has 2 aromatic carbocycles. The van der Waals surface area contributed by atoms with E-state index in [2.05, 4.69) is 56.1 Å². The van der Waals surface area contributed by atoms with Gasteiger partial charge in [-0.25, -0.2) is 4.98 Å². The van der Waals surface area contributed by atoms with Crippen LogP contribution in [0, 0.1) is 5.92 Å². The molecule has 1 saturated carbocycles. The Labute approximate surface area is 155 Å². The van der Waals surface area contributed by atoms with Crippen LogP contribution in [0.15, 0.2) is 34.8 Å². The third kappa shape index (κ3) is 2.46. The van der Waals surface area contributed by atoms with Crippen LogP contribution in [-0.2, 0) is 0 Å². The summed E-state index contributed by atoms with van der Waals surface area (Å²) in [5.74, 6) is 1.60. The standard InChI is InChI=1S/C19H21BBrN3O/c1-20(25)24-14-6-2-11(3-7-14)18(24)19-22-16-9-4-12-10-13(21)5-8-15(12)17(16)23-19/h4-5,8-11,14,18,25H,2-3,6-7H2,1H3,(H,22,23)/t11?,14?,18-/m0/s1. The maximum atomic E-state index is 10.4. The number of halogens is 1. The van der Waals surface area contributed by atoms with Gasteiger partial charge in [-0.15, -0.1) is 0 Å². The average molecular weight is 398 g/mol. The minimum Gasteiger partial charge on any atom is -0.437 e. The summed E-state index contributed by atoms with van der Waals surface area (Å²) in [6.45, 7) is 1.89. The zero-order valence-electron chi connectivity index (χ0n) is 14.2. The van der Waals surface area contributed by atoms with Gasteiger partial charge in [0, 0.05) is 15.9 Å². The van der Waals surface area contributed by atoms with Gasteiger partial charge in [0.2, 0.25) is 0 Å². The molecule has 0 unspecified atom stereocenters. The van der Waals surface area contributed by atoms with Gasteiger partial charge in [0.05, 0.1) is 17.1 Å². The Morgan fingerprint density at radius 1 is 1.20 bits per heavy atom. The first-order valence-electron chi connectivity index (χ1n) is 9.15. The molecule has 3 aromatic rings. The number of aromatic amines is 1. The van der Waals surface area contributed by atoms with E-state index >= 15 is 0 Å². The first-order valence-corrected chi connectivity index (χ1v) is 9.94. The van der Waals surface area contributed by atoms with Crippen molar-refractivity contribution in [1.29, 1.82) is 0 Å². The monoisotopic (exact) mass is 397 g/mol. The summed E-state index contributed by atoms with van der Waals surface area (Å²) in [7, 11) is -0.431. The second kappa shape index (κ2) is 5.83. The molecule has 6 rings (SSSR count). The van der Waals surface area contributed by atoms with E-state index in [4.69, 9.17) is 4.98 Å². The number of piperidine rings is 2. The maximum absolute atomic E-state index is 10.4. The lowest BCUT2D eigenvalue weighted by atomic mass is 9.67. The van der Waals surface area contributed by atoms with Gasteiger partial charge in [-0.1, -0.05) is 28.1 Å². The highest BCUT2D eigenvalue weighted by Gasteiger charge is 2.46. The first kappa shape index (κ1) is 15.9. The Hall–Kier alpha value is -1.37. The second-order valence-electron chi connectivity index (χ2n) is 7.54. The summed E-state index contributed by atoms with van der Waals surface area (Å²) < 4.78 is 1.09. The van der Waals surface area contributed by atoms with E-state index < -0.39 is 7.05 Å². The smallest absolute Gasteiger partial charge is 0.377 e. The quantitative estimate of drug-likeness (QED) is 0.625. The molecule has 0 radical (unpaired) electrons. The molecule has 1 aliphatic carbocycles. The minimum absolute atomic E-state index is 0.199. The molecule has 2 aliphatic heterocycles. The lowest BCUT2D eigenvalue weighted by Crippen LogP contribution is -2.56. The van der Waals surface area contributed by atoms with Gasteiger partial charge in [0.1, 0.15) is 5.82 Å². The Kier molecular flexibility index (Phi) is 3.70. The third-order valence-electron chi connectivity index (χ3n) is 6.10. The topological polar surface area (TPSA) is 52.1 Å². The summed E-state index contributed by atoms with van der Waals surface area (Å²) in [5, 5.41) is 12.8. The van der Waals surface area contributed by atoms with Crippen LogP contribution in [0.5, 0.6) is 0 Å². The van der Waals surface area contributed by atoms with Crippen molar-refractivity contribution >= 4 is 44.8 Å². The molecule has 3 aliphatic rings. The van der Waals surface area contributed by atoms with E-state index in [1.54, 1.807) is 0 Å². The summed E-state index contributed by atoms with van der Waals surface area (Å²) in [5.41, 5.74) is 2.11. The number of nitrogens with zero attached hydrogens (tertiary/aromatic N) is 2. The van der Waals surface area contributed by atoms with Crippen LogP contribution in [-0.4, -0.2) is 32.9 Å². The van der Waals surface area contributed by atoms with Crippen LogP contribution in [0.2, 0.25) is 6.82 Å². The third-order valence-corrected chi connectivity index (χ3v) is 6.59. The number of rotatable bonds is 2. The SMILES string of the molecule is CB(O)N1C2CCC(CC2)[C@H]1c1nc2ccc3cc(Br)ccc3c2[nH]1. The van der Waals surface area contributed by atoms with Gasteiger partial charge in [-0.3, -0.25) is 0 Å². The lowest BCUT2D eigenvalue weighted by molar-refractivity contribution is 0.0349. The largest absolute Gasteiger partial charge is 0.437 e. The van der Waals surface area contributed by atoms with E-state index in [0.717, 1.165) is 21.3 Å². The number of fused-ring (bicyclic) bond motifs is 6. The van der Waals surface area contributed by atoms with Gasteiger partial charge < -0.3 is 14.8 Å². The van der Waals surface area contributed by atoms with Crippen molar-refractivity contribution in [3.8, 4) is 0 Å². The average Bonchev–Trinajstić information content (AvgIpc) is 3.05. The Morgan fingerprint density at radius 2 is 2.00 bits per heavy atom. The molecule has 2 bridgehead atoms. The fourth-order valence-electron chi connectivity index (χ4n) is 5.03. The molecule has 2 saturated heterocycles. The number of benzene rings is 2. The molecule has 3 heterocycles. The second-order valence-corrected chi connectivity index (χ2v) is 8.46. The van der Waals surface area contributed by atoms with Crippen molar-refractivity contribution in [3.63, 3.8) is 0 Å². The molecule has 2 N–H and O–H groups in total. The van der Waals surface area contributed by atoms with Crippen molar-refractivity contribution in [2.45, 2.75) is 44.6 Å². The van der Waals surface area contributed by atoms with Crippen molar-refractivity contribution in [1.82, 2.24) is 14.8 Å². The Morgan fingerprint density at radius 3 is 2.76 bits per heavy atom. The fourth-order valence-corrected chi connectivity index (χ4v) is 5.41. The number of imidazole rings is 1. The highest BCUT2D eigenvalue weighted by Crippen LogP contribution is 2.47. The summed E-state index contributed by atoms with van der Waals surface area (Å²) in [6, 6.07) is 11.3. The van der Waals surface area contributed by atoms with Crippen LogP contribution in [0.4, 0.5) is 0 Å². The normalized spacial score (nSPS) is 26.6. The van der Waals surface area contributed by atoms with Crippen LogP contribution in [0.1, 0.15) is 37.5 Å². The molecule has 0 spiro atoms. The van der Waals surface area contributed by atoms with E-state index in [-0.39, 0.29) is 6.04 Å². The molecule has 1 aromatic heterocycles. The molecule has 6 heteroatoms. The molecule has 25 heavy (non-hydrogen) atoms. The van der Waals surface area contributed by atoms with E-state index in [1.165, 1.54) is 36.5 Å². The van der Waals surface area contributed by atoms with Crippen molar-refractivity contribution < 1.29 is 5.02 Å². The van der Waals surface area contributed by atoms with Gasteiger partial charge in [0.15, 0.2) is 0 Å². The molecular formula is C19H21BBrN3O. The van der Waals surface area contributed by atoms with Crippen molar-refractivity contribution in [3.05, 3.63) is 40.6 Å². The zero-order valence-corrected chi connectivity index (χ0v) is 15.8. The summed E-state index contributed by atoms with van der Waals surface area (Å²) in [6.07, 6.45) is 4.87. The predicted molar refractivity (Wildman–Crippen MR) is 105 cm³/mol. The minimum atomic E-state index is -0.431. The summed E-state index contributed by atoms with van der Waals surface area (Å²) in [4.78, 5) is 10.8. The number of H-pyrrole nitrogens is 1. The van der Waals surface area contributed by atoms with Crippen LogP contribution < -0.4 is 0 Å². The van der Waals surface area contributed by atoms with Crippen LogP contribution >= 0.6 is 15.9 Å². The molecule has 3 fully saturated rings. The number of aromatic nitrogens is 2. The zero-order chi connectivity index (χ0) is 17.1. The van der Waals surface area contributed by atoms with Gasteiger partial charge >= 0.3 is 7.05 Å². The van der Waals surface area contributed by atoms with Crippen molar-refractivity contribution in [2.24, 2.45) is 5.92 Å². The Bertz CT molecular complexity index is 948. The highest BCUT2D eigenvalue weighted by atomic mass is 79.9. The van der Waals surface area contributed by atoms with Gasteiger partial charge in [-0.2, -0.15) is 0 Å². The molecule has 1 atom stereocenters. The van der Waals surface area contributed by atoms with Crippen LogP contribution in [0.3, 0.4) is 0 Å². The van der Waals surface area contributed by atoms with E-state index in [1.807, 2.05) is 6.82 Å². The lowest BCUT2D eigenvalue weighted by Gasteiger charge is -2.51. The maximum Gasteiger partial charge on any atom is 0.377 e. The number of hydrogen-bond acceptors (Lipinski definition) is 3. The molecule has 128 valence electrons. The predicted octanol–water partition coefficient (Wildman–Crippen LogP) is 4.50. The van der Waals surface area contributed by atoms with Gasteiger partial charge in [0.25, 0.3) is 0 Å². The fraction of sp³-hybridized carbons (Fsp3) is 0.421. The van der Waals surface area contributed by atoms with Gasteiger partial charge in [-0.05, 0) is 62.0 Å². The summed E-state index contributed by atoms with van der Waals surface area (Å²) >= 11 is 3.55. The number of hydrogen-bond donors (Lipinski definition) is 2. The molecule has 0 amide bonds. The Balaban J connectivity index is 1.66. The molecule has 4 nitrogen and oxygen atoms in total. The van der Waals surface area contributed by atoms with Crippen molar-refractivity contribution in [2.75, 3.05) is 0 Å². The highest BCUT2D eigenvalue weighted by molar-refractivity contribution is 9.10. The molecular weight excluding hydrogens is 377 g/mol. The number of nitrogens with one attached hydrogen (secondary N) is 1. The van der Waals surface area contributed by atoms with Crippen LogP contribution in [0.25, 0.3) is 21.8 Å². The first-order chi connectivity index (χ1) is 12.1.